The lowest BCUT2D eigenvalue weighted by Gasteiger charge is -2.31. The molecule has 2 aromatic heterocycles. The topological polar surface area (TPSA) is 74.6 Å². The summed E-state index contributed by atoms with van der Waals surface area (Å²) >= 11 is 0. The first-order valence-electron chi connectivity index (χ1n) is 16.4. The maximum Gasteiger partial charge on any atom is 0.319 e. The molecule has 1 N–H and O–H groups in total. The number of piperidine rings is 1. The van der Waals surface area contributed by atoms with Crippen LogP contribution in [0.15, 0.2) is 36.4 Å². The van der Waals surface area contributed by atoms with Gasteiger partial charge in [-0.2, -0.15) is 9.97 Å². The average Bonchev–Trinajstić information content (AvgIpc) is 3.88. The van der Waals surface area contributed by atoms with Gasteiger partial charge in [-0.25, -0.2) is 18.2 Å². The smallest absolute Gasteiger partial charge is 0.319 e. The van der Waals surface area contributed by atoms with Crippen LogP contribution in [-0.4, -0.2) is 70.5 Å². The Kier molecular flexibility index (Phi) is 8.39. The number of aromatic nitrogens is 3. The molecule has 3 aliphatic rings. The van der Waals surface area contributed by atoms with E-state index in [2.05, 4.69) is 39.7 Å². The fraction of sp³-hybridized carbons (Fsp3) is 0.395. The van der Waals surface area contributed by atoms with Gasteiger partial charge in [0.1, 0.15) is 40.5 Å². The highest BCUT2D eigenvalue weighted by atomic mass is 19.1. The van der Waals surface area contributed by atoms with Crippen molar-refractivity contribution in [2.24, 2.45) is 11.3 Å². The Morgan fingerprint density at radius 2 is 1.83 bits per heavy atom. The van der Waals surface area contributed by atoms with Gasteiger partial charge in [0.2, 0.25) is 0 Å². The van der Waals surface area contributed by atoms with E-state index in [1.54, 1.807) is 0 Å². The Balaban J connectivity index is 1.37. The number of ether oxygens (including phenoxy) is 1. The van der Waals surface area contributed by atoms with Crippen LogP contribution in [0, 0.1) is 47.7 Å². The predicted octanol–water partition coefficient (Wildman–Crippen LogP) is 6.79. The molecule has 4 heterocycles. The van der Waals surface area contributed by atoms with Crippen LogP contribution in [0.5, 0.6) is 11.8 Å². The van der Waals surface area contributed by atoms with Crippen LogP contribution < -0.4 is 9.64 Å². The van der Waals surface area contributed by atoms with Crippen molar-refractivity contribution in [3.63, 3.8) is 0 Å². The van der Waals surface area contributed by atoms with Crippen molar-refractivity contribution < 1.29 is 23.0 Å². The summed E-state index contributed by atoms with van der Waals surface area (Å²) in [5.74, 6) is 3.98. The number of alkyl halides is 1. The molecular formula is C38H36F3N5O2. The van der Waals surface area contributed by atoms with Crippen LogP contribution in [0.1, 0.15) is 50.3 Å². The highest BCUT2D eigenvalue weighted by Crippen LogP contribution is 2.47. The van der Waals surface area contributed by atoms with Crippen molar-refractivity contribution in [2.45, 2.75) is 45.2 Å². The molecular weight excluding hydrogens is 615 g/mol. The van der Waals surface area contributed by atoms with E-state index in [1.807, 2.05) is 11.0 Å². The van der Waals surface area contributed by atoms with Crippen molar-refractivity contribution >= 4 is 27.5 Å². The summed E-state index contributed by atoms with van der Waals surface area (Å²) in [7, 11) is 0. The molecule has 10 heteroatoms. The molecule has 246 valence electrons. The lowest BCUT2D eigenvalue weighted by atomic mass is 9.95. The number of rotatable bonds is 7. The number of hydrogen-bond acceptors (Lipinski definition) is 7. The quantitative estimate of drug-likeness (QED) is 0.174. The van der Waals surface area contributed by atoms with Gasteiger partial charge in [0, 0.05) is 49.1 Å². The molecule has 1 saturated carbocycles. The third kappa shape index (κ3) is 6.02. The summed E-state index contributed by atoms with van der Waals surface area (Å²) in [4.78, 5) is 18.3. The van der Waals surface area contributed by atoms with E-state index in [-0.39, 0.29) is 61.9 Å². The van der Waals surface area contributed by atoms with Crippen molar-refractivity contribution in [1.29, 1.82) is 0 Å². The molecule has 4 aromatic rings. The largest absolute Gasteiger partial charge is 0.508 e. The Bertz CT molecular complexity index is 2020. The number of phenolic OH excluding ortho intramolecular Hbond substituents is 1. The van der Waals surface area contributed by atoms with E-state index in [9.17, 15) is 13.9 Å². The number of allylic oxidation sites excluding steroid dienone is 1. The second-order valence-corrected chi connectivity index (χ2v) is 13.4. The van der Waals surface area contributed by atoms with Crippen LogP contribution >= 0.6 is 0 Å². The Morgan fingerprint density at radius 1 is 1.04 bits per heavy atom. The molecule has 7 rings (SSSR count). The molecule has 0 bridgehead atoms. The summed E-state index contributed by atoms with van der Waals surface area (Å²) in [5, 5.41) is 11.5. The van der Waals surface area contributed by atoms with Gasteiger partial charge < -0.3 is 19.6 Å². The normalized spacial score (nSPS) is 19.6. The zero-order valence-corrected chi connectivity index (χ0v) is 26.8. The van der Waals surface area contributed by atoms with Crippen LogP contribution in [0.3, 0.4) is 0 Å². The van der Waals surface area contributed by atoms with Gasteiger partial charge in [0.15, 0.2) is 5.82 Å². The van der Waals surface area contributed by atoms with Crippen LogP contribution in [0.2, 0.25) is 0 Å². The van der Waals surface area contributed by atoms with Crippen LogP contribution in [0.25, 0.3) is 32.9 Å². The molecule has 0 spiro atoms. The minimum atomic E-state index is -0.828. The summed E-state index contributed by atoms with van der Waals surface area (Å²) in [5.41, 5.74) is -0.352. The highest BCUT2D eigenvalue weighted by molar-refractivity contribution is 6.04. The molecule has 0 amide bonds. The minimum Gasteiger partial charge on any atom is -0.508 e. The van der Waals surface area contributed by atoms with Crippen molar-refractivity contribution in [3.05, 3.63) is 59.3 Å². The molecule has 2 aromatic carbocycles. The average molecular weight is 652 g/mol. The molecule has 1 atom stereocenters. The number of benzene rings is 2. The van der Waals surface area contributed by atoms with Gasteiger partial charge in [-0.3, -0.25) is 0 Å². The van der Waals surface area contributed by atoms with Gasteiger partial charge >= 0.3 is 6.01 Å². The minimum absolute atomic E-state index is 0.00210. The number of nitrogens with zero attached hydrogens (tertiary/aromatic N) is 5. The summed E-state index contributed by atoms with van der Waals surface area (Å²) < 4.78 is 52.0. The number of halogens is 3. The highest BCUT2D eigenvalue weighted by Gasteiger charge is 2.45. The number of likely N-dealkylation sites (tertiary alicyclic amines) is 1. The summed E-state index contributed by atoms with van der Waals surface area (Å²) in [6.07, 6.45) is 19.0. The molecule has 7 nitrogen and oxygen atoms in total. The Hall–Kier alpha value is -4.80. The lowest BCUT2D eigenvalue weighted by Crippen LogP contribution is -2.39. The number of anilines is 1. The molecule has 48 heavy (non-hydrogen) atoms. The summed E-state index contributed by atoms with van der Waals surface area (Å²) in [6, 6.07) is 5.39. The van der Waals surface area contributed by atoms with Crippen molar-refractivity contribution in [2.75, 3.05) is 44.2 Å². The summed E-state index contributed by atoms with van der Waals surface area (Å²) in [6.45, 7) is 5.81. The predicted molar refractivity (Wildman–Crippen MR) is 181 cm³/mol. The third-order valence-electron chi connectivity index (χ3n) is 9.74. The zero-order chi connectivity index (χ0) is 33.6. The van der Waals surface area contributed by atoms with Crippen molar-refractivity contribution in [3.8, 4) is 47.7 Å². The standard InChI is InChI=1S/C38H36F3N5O2/c1-4-27-29(40)10-9-24-18-26(47)19-28(31(24)27)34-33(41)35-32(30(5-2)42-34)36(46-15-7-6-8-23(3)20-46)44-37(43-35)48-22-38(13-14-38)21-45-16-11-25(39)12-17-45/h1-2,6-7,9-10,18-19,23,25,47H,8,11-17,20-22H2,3H3. The maximum atomic E-state index is 17.0. The van der Waals surface area contributed by atoms with Gasteiger partial charge in [-0.05, 0) is 67.5 Å². The van der Waals surface area contributed by atoms with Crippen LogP contribution in [-0.2, 0) is 0 Å². The van der Waals surface area contributed by atoms with Gasteiger partial charge in [-0.15, -0.1) is 12.8 Å². The Labute approximate surface area is 277 Å². The van der Waals surface area contributed by atoms with E-state index in [1.165, 1.54) is 24.3 Å². The zero-order valence-electron chi connectivity index (χ0n) is 26.8. The first kappa shape index (κ1) is 31.8. The Morgan fingerprint density at radius 3 is 2.56 bits per heavy atom. The van der Waals surface area contributed by atoms with E-state index in [0.717, 1.165) is 25.8 Å². The van der Waals surface area contributed by atoms with E-state index in [0.29, 0.717) is 56.8 Å². The van der Waals surface area contributed by atoms with Crippen molar-refractivity contribution in [1.82, 2.24) is 19.9 Å². The second-order valence-electron chi connectivity index (χ2n) is 13.4. The number of hydrogen-bond donors (Lipinski definition) is 1. The van der Waals surface area contributed by atoms with Gasteiger partial charge in [0.25, 0.3) is 0 Å². The number of phenols is 1. The third-order valence-corrected chi connectivity index (χ3v) is 9.74. The van der Waals surface area contributed by atoms with Crippen LogP contribution in [0.4, 0.5) is 19.0 Å². The first-order valence-corrected chi connectivity index (χ1v) is 16.4. The number of fused-ring (bicyclic) bond motifs is 2. The fourth-order valence-corrected chi connectivity index (χ4v) is 6.97. The molecule has 2 aliphatic heterocycles. The lowest BCUT2D eigenvalue weighted by molar-refractivity contribution is 0.107. The monoisotopic (exact) mass is 651 g/mol. The molecule has 2 fully saturated rings. The fourth-order valence-electron chi connectivity index (χ4n) is 6.97. The number of aromatic hydroxyl groups is 1. The molecule has 1 aliphatic carbocycles. The first-order chi connectivity index (χ1) is 23.2. The van der Waals surface area contributed by atoms with E-state index < -0.39 is 17.8 Å². The molecule has 0 radical (unpaired) electrons. The number of pyridine rings is 1. The van der Waals surface area contributed by atoms with E-state index in [4.69, 9.17) is 22.6 Å². The number of terminal acetylenes is 2. The van der Waals surface area contributed by atoms with E-state index >= 15 is 4.39 Å². The maximum absolute atomic E-state index is 17.0. The molecule has 1 saturated heterocycles. The second kappa shape index (κ2) is 12.7. The molecule has 1 unspecified atom stereocenters. The van der Waals surface area contributed by atoms with Gasteiger partial charge in [0.05, 0.1) is 17.6 Å². The van der Waals surface area contributed by atoms with Gasteiger partial charge in [-0.1, -0.05) is 31.1 Å². The SMILES string of the molecule is C#Cc1c(F)ccc2cc(O)cc(-c3nc(C#C)c4c(N5CC=CCC(C)C5)nc(OCC5(CN6CCC(F)CC6)CC5)nc4c3F)c12.